The van der Waals surface area contributed by atoms with Crippen molar-refractivity contribution >= 4 is 11.8 Å². The van der Waals surface area contributed by atoms with Crippen molar-refractivity contribution < 1.29 is 14.3 Å². The largest absolute Gasteiger partial charge is 0.371 e. The van der Waals surface area contributed by atoms with E-state index in [9.17, 15) is 9.59 Å². The summed E-state index contributed by atoms with van der Waals surface area (Å²) in [6.45, 7) is 3.84. The molecule has 0 aliphatic carbocycles. The molecule has 2 aliphatic heterocycles. The number of nitrogens with zero attached hydrogens (tertiary/aromatic N) is 3. The van der Waals surface area contributed by atoms with E-state index in [1.165, 1.54) is 0 Å². The first kappa shape index (κ1) is 15.0. The molecule has 2 atom stereocenters. The Morgan fingerprint density at radius 1 is 1.45 bits per heavy atom. The minimum absolute atomic E-state index is 0.0178. The summed E-state index contributed by atoms with van der Waals surface area (Å²) in [7, 11) is 1.80. The molecule has 0 bridgehead atoms. The monoisotopic (exact) mass is 303 g/mol. The van der Waals surface area contributed by atoms with E-state index in [1.54, 1.807) is 18.1 Å². The molecule has 118 valence electrons. The van der Waals surface area contributed by atoms with Crippen molar-refractivity contribution in [3.8, 4) is 0 Å². The van der Waals surface area contributed by atoms with Crippen LogP contribution in [-0.2, 0) is 9.53 Å². The summed E-state index contributed by atoms with van der Waals surface area (Å²) < 4.78 is 5.44. The summed E-state index contributed by atoms with van der Waals surface area (Å²) in [5, 5.41) is 0. The van der Waals surface area contributed by atoms with Crippen LogP contribution >= 0.6 is 0 Å². The second kappa shape index (κ2) is 6.04. The van der Waals surface area contributed by atoms with Crippen LogP contribution in [0.15, 0.2) is 18.3 Å². The Kier molecular flexibility index (Phi) is 4.11. The highest BCUT2D eigenvalue weighted by molar-refractivity contribution is 5.93. The summed E-state index contributed by atoms with van der Waals surface area (Å²) in [6, 6.07) is 3.74. The van der Waals surface area contributed by atoms with Gasteiger partial charge in [0.1, 0.15) is 12.3 Å². The van der Waals surface area contributed by atoms with Crippen LogP contribution in [0.25, 0.3) is 0 Å². The zero-order valence-corrected chi connectivity index (χ0v) is 13.0. The van der Waals surface area contributed by atoms with Crippen molar-refractivity contribution in [2.45, 2.75) is 19.4 Å². The molecule has 2 aliphatic rings. The van der Waals surface area contributed by atoms with E-state index < -0.39 is 0 Å². The number of amides is 2. The second-order valence-electron chi connectivity index (χ2n) is 6.06. The van der Waals surface area contributed by atoms with Gasteiger partial charge >= 0.3 is 0 Å². The third-order valence-electron chi connectivity index (χ3n) is 4.67. The highest BCUT2D eigenvalue weighted by atomic mass is 16.5. The van der Waals surface area contributed by atoms with Gasteiger partial charge in [0.2, 0.25) is 5.91 Å². The number of ether oxygens (including phenoxy) is 1. The van der Waals surface area contributed by atoms with Crippen molar-refractivity contribution in [1.82, 2.24) is 14.8 Å². The maximum atomic E-state index is 12.7. The van der Waals surface area contributed by atoms with Gasteiger partial charge in [0.15, 0.2) is 0 Å². The van der Waals surface area contributed by atoms with Crippen molar-refractivity contribution in [3.63, 3.8) is 0 Å². The predicted octanol–water partition coefficient (Wildman–Crippen LogP) is 0.709. The van der Waals surface area contributed by atoms with E-state index in [4.69, 9.17) is 4.74 Å². The summed E-state index contributed by atoms with van der Waals surface area (Å²) in [5.74, 6) is 0.226. The number of aryl methyl sites for hydroxylation is 1. The van der Waals surface area contributed by atoms with Gasteiger partial charge in [-0.2, -0.15) is 0 Å². The lowest BCUT2D eigenvalue weighted by Crippen LogP contribution is -2.54. The number of piperidine rings is 1. The highest BCUT2D eigenvalue weighted by Gasteiger charge is 2.38. The quantitative estimate of drug-likeness (QED) is 0.766. The number of carbonyl (C=O) groups excluding carboxylic acids is 2. The maximum absolute atomic E-state index is 12.7. The average Bonchev–Trinajstić information content (AvgIpc) is 2.67. The molecule has 3 heterocycles. The molecule has 0 aromatic carbocycles. The Labute approximate surface area is 130 Å². The molecule has 2 fully saturated rings. The SMILES string of the molecule is Cc1cccnc1C(=O)N1CC[C@H]2COCC(=O)N(C)[C@H]2C1. The third kappa shape index (κ3) is 2.70. The van der Waals surface area contributed by atoms with Gasteiger partial charge in [-0.25, -0.2) is 0 Å². The lowest BCUT2D eigenvalue weighted by molar-refractivity contribution is -0.134. The summed E-state index contributed by atoms with van der Waals surface area (Å²) in [4.78, 5) is 32.4. The fourth-order valence-corrected chi connectivity index (χ4v) is 3.24. The fraction of sp³-hybridized carbons (Fsp3) is 0.562. The molecular weight excluding hydrogens is 282 g/mol. The van der Waals surface area contributed by atoms with Crippen LogP contribution in [0.2, 0.25) is 0 Å². The number of hydrogen-bond donors (Lipinski definition) is 0. The molecule has 22 heavy (non-hydrogen) atoms. The van der Waals surface area contributed by atoms with Crippen molar-refractivity contribution in [2.24, 2.45) is 5.92 Å². The number of carbonyl (C=O) groups is 2. The lowest BCUT2D eigenvalue weighted by Gasteiger charge is -2.41. The molecule has 6 heteroatoms. The van der Waals surface area contributed by atoms with Crippen molar-refractivity contribution in [2.75, 3.05) is 33.4 Å². The van der Waals surface area contributed by atoms with E-state index in [1.807, 2.05) is 24.0 Å². The molecule has 1 aromatic rings. The number of aromatic nitrogens is 1. The Bertz CT molecular complexity index is 590. The number of rotatable bonds is 1. The molecule has 3 rings (SSSR count). The van der Waals surface area contributed by atoms with Gasteiger partial charge in [-0.05, 0) is 25.0 Å². The number of hydrogen-bond acceptors (Lipinski definition) is 4. The highest BCUT2D eigenvalue weighted by Crippen LogP contribution is 2.25. The molecule has 0 saturated carbocycles. The van der Waals surface area contributed by atoms with E-state index in [0.717, 1.165) is 12.0 Å². The van der Waals surface area contributed by atoms with Gasteiger partial charge in [0.05, 0.1) is 12.6 Å². The maximum Gasteiger partial charge on any atom is 0.272 e. The van der Waals surface area contributed by atoms with Crippen LogP contribution in [0.1, 0.15) is 22.5 Å². The van der Waals surface area contributed by atoms with Crippen LogP contribution in [0.4, 0.5) is 0 Å². The minimum atomic E-state index is -0.0532. The van der Waals surface area contributed by atoms with Gasteiger partial charge in [0, 0.05) is 32.3 Å². The minimum Gasteiger partial charge on any atom is -0.371 e. The number of likely N-dealkylation sites (tertiary alicyclic amines) is 1. The first-order chi connectivity index (χ1) is 10.6. The van der Waals surface area contributed by atoms with Crippen LogP contribution in [0.5, 0.6) is 0 Å². The number of likely N-dealkylation sites (N-methyl/N-ethyl adjacent to an activating group) is 1. The molecule has 1 aromatic heterocycles. The molecular formula is C16H21N3O3. The smallest absolute Gasteiger partial charge is 0.272 e. The number of fused-ring (bicyclic) bond motifs is 1. The second-order valence-corrected chi connectivity index (χ2v) is 6.06. The molecule has 0 spiro atoms. The molecule has 0 N–H and O–H groups in total. The van der Waals surface area contributed by atoms with Gasteiger partial charge in [-0.15, -0.1) is 0 Å². The average molecular weight is 303 g/mol. The van der Waals surface area contributed by atoms with Crippen molar-refractivity contribution in [1.29, 1.82) is 0 Å². The Morgan fingerprint density at radius 3 is 3.05 bits per heavy atom. The zero-order valence-electron chi connectivity index (χ0n) is 13.0. The fourth-order valence-electron chi connectivity index (χ4n) is 3.24. The van der Waals surface area contributed by atoms with Gasteiger partial charge in [-0.1, -0.05) is 6.07 Å². The van der Waals surface area contributed by atoms with Crippen LogP contribution in [0.3, 0.4) is 0 Å². The summed E-state index contributed by atoms with van der Waals surface area (Å²) in [5.41, 5.74) is 1.38. The topological polar surface area (TPSA) is 62.7 Å². The summed E-state index contributed by atoms with van der Waals surface area (Å²) in [6.07, 6.45) is 2.49. The Balaban J connectivity index is 1.79. The first-order valence-corrected chi connectivity index (χ1v) is 7.62. The molecule has 2 saturated heterocycles. The molecule has 2 amide bonds. The zero-order chi connectivity index (χ0) is 15.7. The van der Waals surface area contributed by atoms with Crippen molar-refractivity contribution in [3.05, 3.63) is 29.6 Å². The van der Waals surface area contributed by atoms with E-state index in [0.29, 0.717) is 31.3 Å². The third-order valence-corrected chi connectivity index (χ3v) is 4.67. The van der Waals surface area contributed by atoms with Crippen LogP contribution < -0.4 is 0 Å². The molecule has 0 radical (unpaired) electrons. The molecule has 6 nitrogen and oxygen atoms in total. The van der Waals surface area contributed by atoms with Gasteiger partial charge in [-0.3, -0.25) is 14.6 Å². The normalized spacial score (nSPS) is 25.6. The lowest BCUT2D eigenvalue weighted by atomic mass is 9.91. The van der Waals surface area contributed by atoms with E-state index >= 15 is 0 Å². The summed E-state index contributed by atoms with van der Waals surface area (Å²) >= 11 is 0. The van der Waals surface area contributed by atoms with Crippen LogP contribution in [0, 0.1) is 12.8 Å². The van der Waals surface area contributed by atoms with E-state index in [-0.39, 0.29) is 24.5 Å². The standard InChI is InChI=1S/C16H21N3O3/c1-11-4-3-6-17-15(11)16(21)19-7-5-12-9-22-10-14(20)18(2)13(12)8-19/h3-4,6,12-13H,5,7-10H2,1-2H3/t12-,13-/m0/s1. The first-order valence-electron chi connectivity index (χ1n) is 7.62. The Morgan fingerprint density at radius 2 is 2.27 bits per heavy atom. The number of pyridine rings is 1. The van der Waals surface area contributed by atoms with Gasteiger partial charge < -0.3 is 14.5 Å². The van der Waals surface area contributed by atoms with Crippen LogP contribution in [-0.4, -0.2) is 66.0 Å². The predicted molar refractivity (Wildman–Crippen MR) is 80.4 cm³/mol. The van der Waals surface area contributed by atoms with Gasteiger partial charge in [0.25, 0.3) is 5.91 Å². The Hall–Kier alpha value is -1.95. The molecule has 0 unspecified atom stereocenters. The van der Waals surface area contributed by atoms with E-state index in [2.05, 4.69) is 4.98 Å².